The van der Waals surface area contributed by atoms with E-state index in [0.717, 1.165) is 24.3 Å². The molecule has 0 bridgehead atoms. The van der Waals surface area contributed by atoms with Crippen LogP contribution in [0.15, 0.2) is 34.9 Å². The van der Waals surface area contributed by atoms with E-state index in [1.807, 2.05) is 0 Å². The normalized spacial score (nSPS) is 11.1. The fraction of sp³-hybridized carbons (Fsp3) is 0.565. The highest BCUT2D eigenvalue weighted by molar-refractivity contribution is 5.76. The van der Waals surface area contributed by atoms with Crippen LogP contribution in [0.25, 0.3) is 11.3 Å². The van der Waals surface area contributed by atoms with Gasteiger partial charge in [-0.05, 0) is 17.9 Å². The summed E-state index contributed by atoms with van der Waals surface area (Å²) in [5.41, 5.74) is 2.33. The van der Waals surface area contributed by atoms with Gasteiger partial charge < -0.3 is 9.73 Å². The van der Waals surface area contributed by atoms with Gasteiger partial charge in [-0.3, -0.25) is 4.79 Å². The van der Waals surface area contributed by atoms with E-state index in [1.165, 1.54) is 37.7 Å². The number of hydrogen-bond acceptors (Lipinski definition) is 3. The van der Waals surface area contributed by atoms with Crippen molar-refractivity contribution >= 4 is 5.91 Å². The van der Waals surface area contributed by atoms with Crippen LogP contribution in [0.2, 0.25) is 0 Å². The van der Waals surface area contributed by atoms with E-state index in [1.54, 1.807) is 6.20 Å². The zero-order chi connectivity index (χ0) is 19.5. The van der Waals surface area contributed by atoms with E-state index in [4.69, 9.17) is 4.42 Å². The van der Waals surface area contributed by atoms with Gasteiger partial charge in [0.25, 0.3) is 0 Å². The van der Waals surface area contributed by atoms with Gasteiger partial charge in [-0.1, -0.05) is 77.1 Å². The lowest BCUT2D eigenvalue weighted by molar-refractivity contribution is -0.121. The fourth-order valence-corrected chi connectivity index (χ4v) is 3.03. The smallest absolute Gasteiger partial charge is 0.220 e. The molecule has 148 valence electrons. The second kappa shape index (κ2) is 11.6. The Morgan fingerprint density at radius 2 is 1.78 bits per heavy atom. The van der Waals surface area contributed by atoms with Gasteiger partial charge in [0, 0.05) is 24.9 Å². The molecule has 2 aromatic rings. The monoisotopic (exact) mass is 370 g/mol. The van der Waals surface area contributed by atoms with E-state index < -0.39 is 0 Å². The molecule has 0 aliphatic heterocycles. The van der Waals surface area contributed by atoms with Gasteiger partial charge in [0.1, 0.15) is 0 Å². The van der Waals surface area contributed by atoms with Crippen molar-refractivity contribution in [2.45, 2.75) is 78.1 Å². The average Bonchev–Trinajstić information content (AvgIpc) is 3.15. The van der Waals surface area contributed by atoms with Crippen LogP contribution >= 0.6 is 0 Å². The second-order valence-electron chi connectivity index (χ2n) is 7.51. The van der Waals surface area contributed by atoms with Gasteiger partial charge in [0.05, 0.1) is 6.20 Å². The van der Waals surface area contributed by atoms with Gasteiger partial charge in [-0.25, -0.2) is 4.98 Å². The minimum atomic E-state index is 0.0737. The summed E-state index contributed by atoms with van der Waals surface area (Å²) in [6.07, 6.45) is 10.1. The molecule has 1 amide bonds. The van der Waals surface area contributed by atoms with Crippen molar-refractivity contribution in [3.8, 4) is 11.3 Å². The number of benzene rings is 1. The maximum absolute atomic E-state index is 11.9. The number of nitrogens with one attached hydrogen (secondary N) is 1. The second-order valence-corrected chi connectivity index (χ2v) is 7.51. The Bertz CT molecular complexity index is 674. The van der Waals surface area contributed by atoms with Crippen molar-refractivity contribution in [3.63, 3.8) is 0 Å². The van der Waals surface area contributed by atoms with Gasteiger partial charge in [0.2, 0.25) is 5.91 Å². The van der Waals surface area contributed by atoms with E-state index in [-0.39, 0.29) is 5.91 Å². The van der Waals surface area contributed by atoms with Crippen molar-refractivity contribution in [2.24, 2.45) is 0 Å². The first-order chi connectivity index (χ1) is 13.1. The summed E-state index contributed by atoms with van der Waals surface area (Å²) in [6.45, 7) is 7.35. The summed E-state index contributed by atoms with van der Waals surface area (Å²) in [6, 6.07) is 8.37. The molecule has 1 aromatic carbocycles. The van der Waals surface area contributed by atoms with Gasteiger partial charge in [-0.2, -0.15) is 0 Å². The lowest BCUT2D eigenvalue weighted by Gasteiger charge is -2.05. The van der Waals surface area contributed by atoms with Crippen LogP contribution < -0.4 is 5.32 Å². The number of nitrogens with zero attached hydrogens (tertiary/aromatic N) is 1. The molecule has 4 heteroatoms. The molecule has 0 radical (unpaired) electrons. The van der Waals surface area contributed by atoms with Crippen molar-refractivity contribution in [3.05, 3.63) is 41.9 Å². The minimum Gasteiger partial charge on any atom is -0.441 e. The zero-order valence-electron chi connectivity index (χ0n) is 17.1. The van der Waals surface area contributed by atoms with Crippen LogP contribution in [-0.4, -0.2) is 17.4 Å². The minimum absolute atomic E-state index is 0.0737. The molecule has 0 saturated heterocycles. The number of unbranched alkanes of at least 4 members (excludes halogenated alkanes) is 5. The Labute approximate surface area is 163 Å². The molecule has 0 aliphatic rings. The molecular weight excluding hydrogens is 336 g/mol. The topological polar surface area (TPSA) is 55.1 Å². The number of hydrogen-bond donors (Lipinski definition) is 1. The van der Waals surface area contributed by atoms with Crippen LogP contribution in [0.4, 0.5) is 0 Å². The van der Waals surface area contributed by atoms with Crippen LogP contribution in [0, 0.1) is 0 Å². The average molecular weight is 371 g/mol. The number of amides is 1. The molecule has 0 atom stereocenters. The van der Waals surface area contributed by atoms with Gasteiger partial charge in [0.15, 0.2) is 11.7 Å². The third kappa shape index (κ3) is 7.58. The van der Waals surface area contributed by atoms with Crippen molar-refractivity contribution in [2.75, 3.05) is 6.54 Å². The summed E-state index contributed by atoms with van der Waals surface area (Å²) in [5, 5.41) is 2.99. The van der Waals surface area contributed by atoms with Gasteiger partial charge in [-0.15, -0.1) is 0 Å². The molecule has 1 heterocycles. The summed E-state index contributed by atoms with van der Waals surface area (Å²) < 4.78 is 5.81. The standard InChI is InChI=1S/C23H34N2O2/c1-4-5-6-7-8-9-16-24-22(26)14-15-23-25-17-21(27-23)20-12-10-19(11-13-20)18(2)3/h10-13,17-18H,4-9,14-16H2,1-3H3,(H,24,26). The number of aryl methyl sites for hydroxylation is 1. The lowest BCUT2D eigenvalue weighted by Crippen LogP contribution is -2.24. The Hall–Kier alpha value is -2.10. The van der Waals surface area contributed by atoms with Gasteiger partial charge >= 0.3 is 0 Å². The van der Waals surface area contributed by atoms with Crippen molar-refractivity contribution in [1.29, 1.82) is 0 Å². The van der Waals surface area contributed by atoms with Crippen molar-refractivity contribution < 1.29 is 9.21 Å². The van der Waals surface area contributed by atoms with E-state index in [2.05, 4.69) is 55.3 Å². The van der Waals surface area contributed by atoms with Crippen LogP contribution in [0.5, 0.6) is 0 Å². The molecule has 0 unspecified atom stereocenters. The maximum atomic E-state index is 11.9. The quantitative estimate of drug-likeness (QED) is 0.475. The molecule has 0 saturated carbocycles. The highest BCUT2D eigenvalue weighted by Gasteiger charge is 2.09. The molecule has 0 aliphatic carbocycles. The van der Waals surface area contributed by atoms with Crippen LogP contribution in [-0.2, 0) is 11.2 Å². The predicted octanol–water partition coefficient (Wildman–Crippen LogP) is 5.87. The van der Waals surface area contributed by atoms with Crippen LogP contribution in [0.3, 0.4) is 0 Å². The Kier molecular flexibility index (Phi) is 9.09. The van der Waals surface area contributed by atoms with E-state index in [9.17, 15) is 4.79 Å². The Morgan fingerprint density at radius 1 is 1.07 bits per heavy atom. The highest BCUT2D eigenvalue weighted by Crippen LogP contribution is 2.23. The number of aromatic nitrogens is 1. The molecule has 1 N–H and O–H groups in total. The zero-order valence-corrected chi connectivity index (χ0v) is 17.1. The molecule has 27 heavy (non-hydrogen) atoms. The largest absolute Gasteiger partial charge is 0.441 e. The van der Waals surface area contributed by atoms with Crippen LogP contribution in [0.1, 0.15) is 83.1 Å². The predicted molar refractivity (Wildman–Crippen MR) is 111 cm³/mol. The summed E-state index contributed by atoms with van der Waals surface area (Å²) in [5.74, 6) is 1.96. The first kappa shape index (κ1) is 21.2. The number of carbonyl (C=O) groups excluding carboxylic acids is 1. The SMILES string of the molecule is CCCCCCCCNC(=O)CCc1ncc(-c2ccc(C(C)C)cc2)o1. The Balaban J connectivity index is 1.69. The molecule has 2 rings (SSSR count). The third-order valence-electron chi connectivity index (χ3n) is 4.83. The number of carbonyl (C=O) groups is 1. The van der Waals surface area contributed by atoms with Crippen molar-refractivity contribution in [1.82, 2.24) is 10.3 Å². The maximum Gasteiger partial charge on any atom is 0.220 e. The summed E-state index contributed by atoms with van der Waals surface area (Å²) in [7, 11) is 0. The molecule has 4 nitrogen and oxygen atoms in total. The molecule has 1 aromatic heterocycles. The van der Waals surface area contributed by atoms with E-state index in [0.29, 0.717) is 24.7 Å². The Morgan fingerprint density at radius 3 is 2.48 bits per heavy atom. The number of oxazole rings is 1. The summed E-state index contributed by atoms with van der Waals surface area (Å²) in [4.78, 5) is 16.3. The molecule has 0 spiro atoms. The fourth-order valence-electron chi connectivity index (χ4n) is 3.03. The molecule has 0 fully saturated rings. The highest BCUT2D eigenvalue weighted by atomic mass is 16.4. The molecular formula is C23H34N2O2. The first-order valence-corrected chi connectivity index (χ1v) is 10.4. The van der Waals surface area contributed by atoms with E-state index >= 15 is 0 Å². The lowest BCUT2D eigenvalue weighted by atomic mass is 10.0. The summed E-state index contributed by atoms with van der Waals surface area (Å²) >= 11 is 0. The number of rotatable bonds is 12. The third-order valence-corrected chi connectivity index (χ3v) is 4.83. The first-order valence-electron chi connectivity index (χ1n) is 10.4.